The zero-order valence-electron chi connectivity index (χ0n) is 15.7. The van der Waals surface area contributed by atoms with E-state index in [2.05, 4.69) is 11.4 Å². The smallest absolute Gasteiger partial charge is 0.325 e. The van der Waals surface area contributed by atoms with Gasteiger partial charge in [-0.1, -0.05) is 30.3 Å². The number of carbonyl (C=O) groups excluding carboxylic acids is 2. The highest BCUT2D eigenvalue weighted by Gasteiger charge is 2.53. The number of rotatable bonds is 4. The molecule has 0 saturated carbocycles. The van der Waals surface area contributed by atoms with Crippen LogP contribution < -0.4 is 10.1 Å². The Kier molecular flexibility index (Phi) is 4.38. The Balaban J connectivity index is 1.49. The van der Waals surface area contributed by atoms with Crippen molar-refractivity contribution in [3.8, 4) is 5.75 Å². The van der Waals surface area contributed by atoms with Crippen LogP contribution in [0.5, 0.6) is 5.75 Å². The number of carbonyl (C=O) groups is 2. The first-order chi connectivity index (χ1) is 13.0. The lowest BCUT2D eigenvalue weighted by Crippen LogP contribution is -2.46. The quantitative estimate of drug-likeness (QED) is 0.845. The van der Waals surface area contributed by atoms with Crippen molar-refractivity contribution in [1.29, 1.82) is 0 Å². The van der Waals surface area contributed by atoms with Crippen molar-refractivity contribution < 1.29 is 14.3 Å². The average molecular weight is 364 g/mol. The van der Waals surface area contributed by atoms with Crippen molar-refractivity contribution >= 4 is 11.9 Å². The van der Waals surface area contributed by atoms with E-state index in [1.165, 1.54) is 4.90 Å². The van der Waals surface area contributed by atoms with Crippen molar-refractivity contribution in [2.24, 2.45) is 0 Å². The van der Waals surface area contributed by atoms with E-state index in [0.29, 0.717) is 6.42 Å². The molecular formula is C22H24N2O3. The molecule has 2 aromatic rings. The Morgan fingerprint density at radius 2 is 1.85 bits per heavy atom. The second kappa shape index (κ2) is 6.72. The van der Waals surface area contributed by atoms with Gasteiger partial charge in [-0.25, -0.2) is 4.79 Å². The predicted octanol–water partition coefficient (Wildman–Crippen LogP) is 3.47. The van der Waals surface area contributed by atoms with Gasteiger partial charge in [0.2, 0.25) is 0 Å². The molecule has 2 aromatic carbocycles. The van der Waals surface area contributed by atoms with Crippen molar-refractivity contribution in [1.82, 2.24) is 10.2 Å². The highest BCUT2D eigenvalue weighted by Crippen LogP contribution is 2.39. The van der Waals surface area contributed by atoms with Gasteiger partial charge < -0.3 is 10.1 Å². The van der Waals surface area contributed by atoms with Crippen LogP contribution in [0.25, 0.3) is 0 Å². The second-order valence-corrected chi connectivity index (χ2v) is 7.47. The van der Waals surface area contributed by atoms with Gasteiger partial charge in [0.05, 0.1) is 6.54 Å². The van der Waals surface area contributed by atoms with Crippen LogP contribution in [-0.2, 0) is 16.8 Å². The standard InChI is InChI=1S/C22H24N2O3/c1-15-12-16(2)14-18(13-15)27-11-10-24-20(25)22(23-21(24)26)9-5-7-17-6-3-4-8-19(17)22/h3-4,6,8,12-14H,5,7,9-11H2,1-2H3,(H,23,26)/t22-/m0/s1. The molecule has 2 aliphatic rings. The number of amides is 3. The van der Waals surface area contributed by atoms with Crippen molar-refractivity contribution in [3.63, 3.8) is 0 Å². The summed E-state index contributed by atoms with van der Waals surface area (Å²) in [5, 5.41) is 2.97. The number of imide groups is 1. The van der Waals surface area contributed by atoms with E-state index in [1.807, 2.05) is 50.2 Å². The van der Waals surface area contributed by atoms with E-state index in [9.17, 15) is 9.59 Å². The molecule has 140 valence electrons. The Morgan fingerprint density at radius 1 is 1.11 bits per heavy atom. The fourth-order valence-electron chi connectivity index (χ4n) is 4.29. The van der Waals surface area contributed by atoms with Crippen molar-refractivity contribution in [2.75, 3.05) is 13.2 Å². The third kappa shape index (κ3) is 3.07. The molecule has 1 aliphatic carbocycles. The van der Waals surface area contributed by atoms with E-state index in [-0.39, 0.29) is 25.1 Å². The Labute approximate surface area is 159 Å². The van der Waals surface area contributed by atoms with Crippen LogP contribution in [0.1, 0.15) is 35.1 Å². The Hall–Kier alpha value is -2.82. The minimum atomic E-state index is -0.911. The molecule has 5 nitrogen and oxygen atoms in total. The van der Waals surface area contributed by atoms with E-state index in [1.54, 1.807) is 0 Å². The first-order valence-corrected chi connectivity index (χ1v) is 9.43. The van der Waals surface area contributed by atoms with Gasteiger partial charge in [0.1, 0.15) is 17.9 Å². The number of ether oxygens (including phenoxy) is 1. The first-order valence-electron chi connectivity index (χ1n) is 9.43. The van der Waals surface area contributed by atoms with Crippen LogP contribution in [0.4, 0.5) is 4.79 Å². The van der Waals surface area contributed by atoms with Gasteiger partial charge in [-0.2, -0.15) is 0 Å². The van der Waals surface area contributed by atoms with Crippen LogP contribution in [0.2, 0.25) is 0 Å². The lowest BCUT2D eigenvalue weighted by molar-refractivity contribution is -0.132. The van der Waals surface area contributed by atoms with Gasteiger partial charge >= 0.3 is 6.03 Å². The number of aryl methyl sites for hydroxylation is 3. The van der Waals surface area contributed by atoms with Crippen LogP contribution in [0, 0.1) is 13.8 Å². The summed E-state index contributed by atoms with van der Waals surface area (Å²) in [4.78, 5) is 27.0. The van der Waals surface area contributed by atoms with Gasteiger partial charge in [0.25, 0.3) is 5.91 Å². The average Bonchev–Trinajstić information content (AvgIpc) is 2.86. The van der Waals surface area contributed by atoms with Gasteiger partial charge in [-0.3, -0.25) is 9.69 Å². The third-order valence-corrected chi connectivity index (χ3v) is 5.43. The Morgan fingerprint density at radius 3 is 2.63 bits per heavy atom. The molecule has 0 bridgehead atoms. The van der Waals surface area contributed by atoms with Gasteiger partial charge in [-0.15, -0.1) is 0 Å². The summed E-state index contributed by atoms with van der Waals surface area (Å²) in [6, 6.07) is 13.6. The molecule has 0 unspecified atom stereocenters. The number of benzene rings is 2. The third-order valence-electron chi connectivity index (χ3n) is 5.43. The fourth-order valence-corrected chi connectivity index (χ4v) is 4.29. The molecule has 3 amide bonds. The fraction of sp³-hybridized carbons (Fsp3) is 0.364. The molecule has 1 N–H and O–H groups in total. The molecule has 1 atom stereocenters. The number of hydrogen-bond donors (Lipinski definition) is 1. The molecular weight excluding hydrogens is 340 g/mol. The number of urea groups is 1. The molecule has 1 fully saturated rings. The maximum absolute atomic E-state index is 13.2. The largest absolute Gasteiger partial charge is 0.492 e. The summed E-state index contributed by atoms with van der Waals surface area (Å²) < 4.78 is 5.80. The summed E-state index contributed by atoms with van der Waals surface area (Å²) in [6.07, 6.45) is 2.47. The highest BCUT2D eigenvalue weighted by atomic mass is 16.5. The molecule has 4 rings (SSSR count). The Bertz CT molecular complexity index is 888. The molecule has 0 aromatic heterocycles. The van der Waals surface area contributed by atoms with Gasteiger partial charge in [0, 0.05) is 0 Å². The zero-order chi connectivity index (χ0) is 19.0. The normalized spacial score (nSPS) is 21.3. The maximum Gasteiger partial charge on any atom is 0.325 e. The molecule has 27 heavy (non-hydrogen) atoms. The van der Waals surface area contributed by atoms with Crippen LogP contribution in [0.15, 0.2) is 42.5 Å². The van der Waals surface area contributed by atoms with E-state index in [0.717, 1.165) is 40.8 Å². The summed E-state index contributed by atoms with van der Waals surface area (Å²) in [5.74, 6) is 0.598. The topological polar surface area (TPSA) is 58.6 Å². The minimum absolute atomic E-state index is 0.163. The molecule has 5 heteroatoms. The van der Waals surface area contributed by atoms with Crippen LogP contribution in [-0.4, -0.2) is 30.0 Å². The number of nitrogens with one attached hydrogen (secondary N) is 1. The molecule has 1 spiro atoms. The molecule has 1 saturated heterocycles. The maximum atomic E-state index is 13.2. The van der Waals surface area contributed by atoms with Crippen molar-refractivity contribution in [3.05, 3.63) is 64.7 Å². The van der Waals surface area contributed by atoms with Gasteiger partial charge in [-0.05, 0) is 67.5 Å². The van der Waals surface area contributed by atoms with E-state index in [4.69, 9.17) is 4.74 Å². The second-order valence-electron chi connectivity index (χ2n) is 7.47. The molecule has 1 heterocycles. The highest BCUT2D eigenvalue weighted by molar-refractivity contribution is 6.07. The monoisotopic (exact) mass is 364 g/mol. The van der Waals surface area contributed by atoms with E-state index >= 15 is 0 Å². The number of fused-ring (bicyclic) bond motifs is 2. The summed E-state index contributed by atoms with van der Waals surface area (Å²) in [5.41, 5.74) is 3.42. The lowest BCUT2D eigenvalue weighted by Gasteiger charge is -2.33. The lowest BCUT2D eigenvalue weighted by atomic mass is 9.76. The first kappa shape index (κ1) is 17.6. The summed E-state index contributed by atoms with van der Waals surface area (Å²) >= 11 is 0. The van der Waals surface area contributed by atoms with E-state index < -0.39 is 5.54 Å². The predicted molar refractivity (Wildman–Crippen MR) is 103 cm³/mol. The number of nitrogens with zero attached hydrogens (tertiary/aromatic N) is 1. The van der Waals surface area contributed by atoms with Crippen LogP contribution >= 0.6 is 0 Å². The molecule has 0 radical (unpaired) electrons. The van der Waals surface area contributed by atoms with Crippen molar-refractivity contribution in [2.45, 2.75) is 38.6 Å². The molecule has 1 aliphatic heterocycles. The zero-order valence-corrected chi connectivity index (χ0v) is 15.7. The van der Waals surface area contributed by atoms with Crippen LogP contribution in [0.3, 0.4) is 0 Å². The minimum Gasteiger partial charge on any atom is -0.492 e. The summed E-state index contributed by atoms with van der Waals surface area (Å²) in [6.45, 7) is 4.55. The SMILES string of the molecule is Cc1cc(C)cc(OCCN2C(=O)N[C@]3(CCCc4ccccc43)C2=O)c1. The summed E-state index contributed by atoms with van der Waals surface area (Å²) in [7, 11) is 0. The number of hydrogen-bond acceptors (Lipinski definition) is 3. The van der Waals surface area contributed by atoms with Gasteiger partial charge in [0.15, 0.2) is 0 Å².